The first-order valence-electron chi connectivity index (χ1n) is 5.13. The summed E-state index contributed by atoms with van der Waals surface area (Å²) < 4.78 is 0.771. The molecule has 0 saturated carbocycles. The molecule has 0 aliphatic carbocycles. The van der Waals surface area contributed by atoms with Crippen molar-refractivity contribution in [1.82, 2.24) is 5.43 Å². The van der Waals surface area contributed by atoms with Crippen LogP contribution in [0.2, 0.25) is 0 Å². The van der Waals surface area contributed by atoms with Crippen LogP contribution in [-0.4, -0.2) is 5.91 Å². The van der Waals surface area contributed by atoms with Gasteiger partial charge in [0.1, 0.15) is 0 Å². The van der Waals surface area contributed by atoms with Gasteiger partial charge in [-0.15, -0.1) is 0 Å². The minimum Gasteiger partial charge on any atom is -0.298 e. The van der Waals surface area contributed by atoms with E-state index in [1.54, 1.807) is 6.07 Å². The summed E-state index contributed by atoms with van der Waals surface area (Å²) >= 11 is 3.33. The Morgan fingerprint density at radius 2 is 1.59 bits per heavy atom. The Morgan fingerprint density at radius 3 is 2.29 bits per heavy atom. The van der Waals surface area contributed by atoms with Gasteiger partial charge in [0.15, 0.2) is 0 Å². The van der Waals surface area contributed by atoms with Gasteiger partial charge in [-0.1, -0.05) is 30.3 Å². The quantitative estimate of drug-likeness (QED) is 0.853. The fourth-order valence-electron chi connectivity index (χ4n) is 1.36. The number of hydrogen-bond acceptors (Lipinski definition) is 2. The largest absolute Gasteiger partial charge is 0.298 e. The highest BCUT2D eigenvalue weighted by Gasteiger charge is 2.07. The molecule has 2 rings (SSSR count). The van der Waals surface area contributed by atoms with Crippen molar-refractivity contribution in [1.29, 1.82) is 0 Å². The number of hydrogen-bond donors (Lipinski definition) is 2. The predicted octanol–water partition coefficient (Wildman–Crippen LogP) is 3.21. The summed E-state index contributed by atoms with van der Waals surface area (Å²) in [6, 6.07) is 16.7. The number of rotatable bonds is 3. The van der Waals surface area contributed by atoms with Gasteiger partial charge in [0.2, 0.25) is 0 Å². The van der Waals surface area contributed by atoms with Gasteiger partial charge in [0.25, 0.3) is 5.91 Å². The Kier molecular flexibility index (Phi) is 3.77. The van der Waals surface area contributed by atoms with E-state index in [2.05, 4.69) is 26.8 Å². The van der Waals surface area contributed by atoms with E-state index in [9.17, 15) is 4.79 Å². The number of anilines is 1. The van der Waals surface area contributed by atoms with Crippen molar-refractivity contribution in [3.8, 4) is 0 Å². The summed E-state index contributed by atoms with van der Waals surface area (Å²) in [7, 11) is 0. The highest BCUT2D eigenvalue weighted by Crippen LogP contribution is 2.15. The fraction of sp³-hybridized carbons (Fsp3) is 0. The number of hydrazine groups is 1. The first-order chi connectivity index (χ1) is 8.27. The van der Waals surface area contributed by atoms with Gasteiger partial charge in [-0.25, -0.2) is 0 Å². The van der Waals surface area contributed by atoms with Crippen LogP contribution in [-0.2, 0) is 0 Å². The van der Waals surface area contributed by atoms with Crippen LogP contribution in [0, 0.1) is 0 Å². The summed E-state index contributed by atoms with van der Waals surface area (Å²) in [5.74, 6) is -0.179. The van der Waals surface area contributed by atoms with Gasteiger partial charge in [-0.2, -0.15) is 0 Å². The van der Waals surface area contributed by atoms with Crippen LogP contribution in [0.15, 0.2) is 59.1 Å². The van der Waals surface area contributed by atoms with Crippen molar-refractivity contribution in [2.75, 3.05) is 5.43 Å². The molecule has 86 valence electrons. The average Bonchev–Trinajstić information content (AvgIpc) is 2.38. The highest BCUT2D eigenvalue weighted by atomic mass is 79.9. The molecule has 0 aliphatic heterocycles. The number of amides is 1. The van der Waals surface area contributed by atoms with E-state index in [1.807, 2.05) is 48.5 Å². The van der Waals surface area contributed by atoms with Crippen molar-refractivity contribution < 1.29 is 4.79 Å². The molecule has 0 unspecified atom stereocenters. The van der Waals surface area contributed by atoms with Crippen molar-refractivity contribution in [3.63, 3.8) is 0 Å². The molecule has 0 aromatic heterocycles. The number of para-hydroxylation sites is 1. The first kappa shape index (κ1) is 11.7. The Morgan fingerprint density at radius 1 is 0.941 bits per heavy atom. The lowest BCUT2D eigenvalue weighted by atomic mass is 10.2. The number of nitrogens with one attached hydrogen (secondary N) is 2. The summed E-state index contributed by atoms with van der Waals surface area (Å²) in [5.41, 5.74) is 6.92. The van der Waals surface area contributed by atoms with Gasteiger partial charge >= 0.3 is 0 Å². The van der Waals surface area contributed by atoms with Gasteiger partial charge in [0.05, 0.1) is 11.3 Å². The molecular formula is C13H11BrN2O. The van der Waals surface area contributed by atoms with E-state index in [0.29, 0.717) is 5.56 Å². The van der Waals surface area contributed by atoms with Crippen LogP contribution in [0.4, 0.5) is 5.69 Å². The normalized spacial score (nSPS) is 9.71. The van der Waals surface area contributed by atoms with Crippen LogP contribution in [0.5, 0.6) is 0 Å². The molecule has 3 nitrogen and oxygen atoms in total. The zero-order valence-corrected chi connectivity index (χ0v) is 10.6. The standard InChI is InChI=1S/C13H11BrN2O/c14-12-9-5-4-8-11(12)13(17)16-15-10-6-2-1-3-7-10/h1-9,15H,(H,16,17). The van der Waals surface area contributed by atoms with Crippen LogP contribution in [0.1, 0.15) is 10.4 Å². The number of halogens is 1. The minimum atomic E-state index is -0.179. The molecule has 2 N–H and O–H groups in total. The predicted molar refractivity (Wildman–Crippen MR) is 71.7 cm³/mol. The van der Waals surface area contributed by atoms with Crippen LogP contribution < -0.4 is 10.9 Å². The van der Waals surface area contributed by atoms with Crippen molar-refractivity contribution in [3.05, 3.63) is 64.6 Å². The van der Waals surface area contributed by atoms with E-state index in [0.717, 1.165) is 10.2 Å². The second-order valence-electron chi connectivity index (χ2n) is 3.42. The Balaban J connectivity index is 2.01. The summed E-state index contributed by atoms with van der Waals surface area (Å²) in [4.78, 5) is 11.8. The second kappa shape index (κ2) is 5.50. The lowest BCUT2D eigenvalue weighted by Gasteiger charge is -2.09. The van der Waals surface area contributed by atoms with E-state index in [1.165, 1.54) is 0 Å². The summed E-state index contributed by atoms with van der Waals surface area (Å²) in [5, 5.41) is 0. The monoisotopic (exact) mass is 290 g/mol. The molecule has 0 fully saturated rings. The Labute approximate surface area is 108 Å². The van der Waals surface area contributed by atoms with E-state index in [4.69, 9.17) is 0 Å². The smallest absolute Gasteiger partial charge is 0.270 e. The zero-order valence-electron chi connectivity index (χ0n) is 8.98. The van der Waals surface area contributed by atoms with E-state index >= 15 is 0 Å². The first-order valence-corrected chi connectivity index (χ1v) is 5.92. The van der Waals surface area contributed by atoms with Crippen LogP contribution >= 0.6 is 15.9 Å². The van der Waals surface area contributed by atoms with Crippen LogP contribution in [0.25, 0.3) is 0 Å². The molecular weight excluding hydrogens is 280 g/mol. The second-order valence-corrected chi connectivity index (χ2v) is 4.28. The molecule has 4 heteroatoms. The third-order valence-corrected chi connectivity index (χ3v) is 2.90. The van der Waals surface area contributed by atoms with Crippen LogP contribution in [0.3, 0.4) is 0 Å². The maximum atomic E-state index is 11.8. The number of carbonyl (C=O) groups excluding carboxylic acids is 1. The van der Waals surface area contributed by atoms with Gasteiger partial charge in [-0.3, -0.25) is 15.6 Å². The fourth-order valence-corrected chi connectivity index (χ4v) is 1.83. The van der Waals surface area contributed by atoms with Gasteiger partial charge in [0, 0.05) is 4.47 Å². The average molecular weight is 291 g/mol. The molecule has 1 amide bonds. The summed E-state index contributed by atoms with van der Waals surface area (Å²) in [6.07, 6.45) is 0. The molecule has 2 aromatic rings. The molecule has 0 saturated heterocycles. The Hall–Kier alpha value is -1.81. The third kappa shape index (κ3) is 3.07. The molecule has 0 radical (unpaired) electrons. The minimum absolute atomic E-state index is 0.179. The lowest BCUT2D eigenvalue weighted by Crippen LogP contribution is -2.29. The SMILES string of the molecule is O=C(NNc1ccccc1)c1ccccc1Br. The van der Waals surface area contributed by atoms with Gasteiger partial charge in [-0.05, 0) is 40.2 Å². The maximum absolute atomic E-state index is 11.8. The number of carbonyl (C=O) groups is 1. The maximum Gasteiger partial charge on any atom is 0.270 e. The lowest BCUT2D eigenvalue weighted by molar-refractivity contribution is 0.0962. The highest BCUT2D eigenvalue weighted by molar-refractivity contribution is 9.10. The molecule has 17 heavy (non-hydrogen) atoms. The molecule has 0 spiro atoms. The Bertz CT molecular complexity index is 514. The van der Waals surface area contributed by atoms with Crippen molar-refractivity contribution in [2.24, 2.45) is 0 Å². The number of benzene rings is 2. The molecule has 0 bridgehead atoms. The van der Waals surface area contributed by atoms with E-state index < -0.39 is 0 Å². The van der Waals surface area contributed by atoms with Gasteiger partial charge < -0.3 is 0 Å². The molecule has 2 aromatic carbocycles. The molecule has 0 heterocycles. The zero-order chi connectivity index (χ0) is 12.1. The summed E-state index contributed by atoms with van der Waals surface area (Å²) in [6.45, 7) is 0. The molecule has 0 atom stereocenters. The topological polar surface area (TPSA) is 41.1 Å². The van der Waals surface area contributed by atoms with E-state index in [-0.39, 0.29) is 5.91 Å². The van der Waals surface area contributed by atoms with Crippen molar-refractivity contribution in [2.45, 2.75) is 0 Å². The third-order valence-electron chi connectivity index (χ3n) is 2.21. The molecule has 0 aliphatic rings. The van der Waals surface area contributed by atoms with Crippen molar-refractivity contribution >= 4 is 27.5 Å².